The van der Waals surface area contributed by atoms with Gasteiger partial charge in [0.25, 0.3) is 0 Å². The van der Waals surface area contributed by atoms with E-state index in [1.54, 1.807) is 0 Å². The Hall–Kier alpha value is -0.120. The van der Waals surface area contributed by atoms with E-state index in [1.165, 1.54) is 0 Å². The zero-order chi connectivity index (χ0) is 12.9. The van der Waals surface area contributed by atoms with Crippen LogP contribution < -0.4 is 0 Å². The lowest BCUT2D eigenvalue weighted by atomic mass is 9.73. The molecule has 1 fully saturated rings. The van der Waals surface area contributed by atoms with Gasteiger partial charge in [0.1, 0.15) is 0 Å². The smallest absolute Gasteiger partial charge is 0.0679 e. The standard InChI is InChI=1S/C14H28O3/c1-11(2)12-6-7-14(3,10-13(12)16)17-9-5-4-8-15/h11-13,15-16H,4-10H2,1-3H3. The highest BCUT2D eigenvalue weighted by molar-refractivity contribution is 4.89. The van der Waals surface area contributed by atoms with Crippen molar-refractivity contribution in [3.63, 3.8) is 0 Å². The van der Waals surface area contributed by atoms with Gasteiger partial charge in [0, 0.05) is 19.6 Å². The lowest BCUT2D eigenvalue weighted by molar-refractivity contribution is -0.111. The minimum Gasteiger partial charge on any atom is -0.396 e. The van der Waals surface area contributed by atoms with Crippen LogP contribution in [-0.4, -0.2) is 35.1 Å². The van der Waals surface area contributed by atoms with Crippen LogP contribution in [0.4, 0.5) is 0 Å². The molecular formula is C14H28O3. The fourth-order valence-electron chi connectivity index (χ4n) is 2.80. The molecular weight excluding hydrogens is 216 g/mol. The molecule has 0 heterocycles. The van der Waals surface area contributed by atoms with Gasteiger partial charge in [-0.1, -0.05) is 13.8 Å². The van der Waals surface area contributed by atoms with Crippen LogP contribution in [0, 0.1) is 11.8 Å². The lowest BCUT2D eigenvalue weighted by Crippen LogP contribution is -2.43. The summed E-state index contributed by atoms with van der Waals surface area (Å²) in [6.45, 7) is 7.39. The SMILES string of the molecule is CC(C)C1CCC(C)(OCCCCO)CC1O. The number of aliphatic hydroxyl groups excluding tert-OH is 2. The Kier molecular flexibility index (Phi) is 5.90. The fraction of sp³-hybridized carbons (Fsp3) is 1.00. The molecule has 17 heavy (non-hydrogen) atoms. The van der Waals surface area contributed by atoms with Crippen molar-refractivity contribution in [2.24, 2.45) is 11.8 Å². The summed E-state index contributed by atoms with van der Waals surface area (Å²) in [5.41, 5.74) is -0.166. The van der Waals surface area contributed by atoms with Crippen LogP contribution in [-0.2, 0) is 4.74 Å². The molecule has 0 radical (unpaired) electrons. The van der Waals surface area contributed by atoms with Crippen molar-refractivity contribution in [2.75, 3.05) is 13.2 Å². The third kappa shape index (κ3) is 4.57. The maximum Gasteiger partial charge on any atom is 0.0679 e. The van der Waals surface area contributed by atoms with E-state index in [2.05, 4.69) is 20.8 Å². The first-order valence-electron chi connectivity index (χ1n) is 6.91. The summed E-state index contributed by atoms with van der Waals surface area (Å²) >= 11 is 0. The highest BCUT2D eigenvalue weighted by atomic mass is 16.5. The van der Waals surface area contributed by atoms with Crippen LogP contribution in [0.15, 0.2) is 0 Å². The zero-order valence-electron chi connectivity index (χ0n) is 11.5. The number of hydrogen-bond donors (Lipinski definition) is 2. The monoisotopic (exact) mass is 244 g/mol. The summed E-state index contributed by atoms with van der Waals surface area (Å²) in [7, 11) is 0. The molecule has 0 spiro atoms. The Bertz CT molecular complexity index is 218. The van der Waals surface area contributed by atoms with Crippen molar-refractivity contribution in [2.45, 2.75) is 64.6 Å². The van der Waals surface area contributed by atoms with Crippen molar-refractivity contribution < 1.29 is 14.9 Å². The maximum absolute atomic E-state index is 10.2. The molecule has 1 aliphatic rings. The predicted octanol–water partition coefficient (Wildman–Crippen LogP) is 2.35. The molecule has 0 saturated heterocycles. The first-order valence-corrected chi connectivity index (χ1v) is 6.91. The molecule has 1 aliphatic carbocycles. The van der Waals surface area contributed by atoms with E-state index in [-0.39, 0.29) is 18.3 Å². The molecule has 0 amide bonds. The van der Waals surface area contributed by atoms with Crippen molar-refractivity contribution in [3.8, 4) is 0 Å². The molecule has 0 aliphatic heterocycles. The van der Waals surface area contributed by atoms with Gasteiger partial charge in [-0.15, -0.1) is 0 Å². The van der Waals surface area contributed by atoms with Gasteiger partial charge in [-0.05, 0) is 44.4 Å². The van der Waals surface area contributed by atoms with E-state index in [4.69, 9.17) is 9.84 Å². The molecule has 0 aromatic rings. The van der Waals surface area contributed by atoms with E-state index >= 15 is 0 Å². The summed E-state index contributed by atoms with van der Waals surface area (Å²) in [5.74, 6) is 0.966. The number of aliphatic hydroxyl groups is 2. The first kappa shape index (κ1) is 14.9. The molecule has 102 valence electrons. The Labute approximate surface area is 105 Å². The predicted molar refractivity (Wildman–Crippen MR) is 68.9 cm³/mol. The molecule has 1 saturated carbocycles. The molecule has 0 aromatic carbocycles. The van der Waals surface area contributed by atoms with Crippen LogP contribution in [0.1, 0.15) is 52.9 Å². The van der Waals surface area contributed by atoms with Gasteiger partial charge in [-0.2, -0.15) is 0 Å². The lowest BCUT2D eigenvalue weighted by Gasteiger charge is -2.42. The average Bonchev–Trinajstić information content (AvgIpc) is 2.24. The van der Waals surface area contributed by atoms with Gasteiger partial charge in [-0.25, -0.2) is 0 Å². The highest BCUT2D eigenvalue weighted by Crippen LogP contribution is 2.38. The van der Waals surface area contributed by atoms with Crippen LogP contribution in [0.3, 0.4) is 0 Å². The largest absolute Gasteiger partial charge is 0.396 e. The average molecular weight is 244 g/mol. The van der Waals surface area contributed by atoms with Gasteiger partial charge in [0.2, 0.25) is 0 Å². The van der Waals surface area contributed by atoms with E-state index in [0.717, 1.165) is 32.1 Å². The Balaban J connectivity index is 2.35. The van der Waals surface area contributed by atoms with E-state index < -0.39 is 0 Å². The minimum absolute atomic E-state index is 0.166. The zero-order valence-corrected chi connectivity index (χ0v) is 11.5. The van der Waals surface area contributed by atoms with Gasteiger partial charge in [0.15, 0.2) is 0 Å². The van der Waals surface area contributed by atoms with Crippen molar-refractivity contribution in [1.82, 2.24) is 0 Å². The quantitative estimate of drug-likeness (QED) is 0.705. The molecule has 3 unspecified atom stereocenters. The van der Waals surface area contributed by atoms with Gasteiger partial charge < -0.3 is 14.9 Å². The first-order chi connectivity index (χ1) is 7.98. The number of rotatable bonds is 6. The van der Waals surface area contributed by atoms with Gasteiger partial charge in [-0.3, -0.25) is 0 Å². The molecule has 1 rings (SSSR count). The maximum atomic E-state index is 10.2. The molecule has 3 atom stereocenters. The minimum atomic E-state index is -0.230. The van der Waals surface area contributed by atoms with Crippen molar-refractivity contribution in [3.05, 3.63) is 0 Å². The van der Waals surface area contributed by atoms with Crippen LogP contribution in [0.25, 0.3) is 0 Å². The molecule has 0 bridgehead atoms. The number of unbranched alkanes of at least 4 members (excludes halogenated alkanes) is 1. The fourth-order valence-corrected chi connectivity index (χ4v) is 2.80. The van der Waals surface area contributed by atoms with E-state index in [9.17, 15) is 5.11 Å². The normalized spacial score (nSPS) is 34.2. The second-order valence-electron chi connectivity index (χ2n) is 5.95. The van der Waals surface area contributed by atoms with E-state index in [1.807, 2.05) is 0 Å². The van der Waals surface area contributed by atoms with E-state index in [0.29, 0.717) is 18.4 Å². The molecule has 0 aromatic heterocycles. The summed E-state index contributed by atoms with van der Waals surface area (Å²) in [6.07, 6.45) is 4.30. The second kappa shape index (κ2) is 6.72. The second-order valence-corrected chi connectivity index (χ2v) is 5.95. The summed E-state index contributed by atoms with van der Waals surface area (Å²) in [5, 5.41) is 18.9. The Morgan fingerprint density at radius 3 is 2.59 bits per heavy atom. The topological polar surface area (TPSA) is 49.7 Å². The Morgan fingerprint density at radius 1 is 1.35 bits per heavy atom. The number of ether oxygens (including phenoxy) is 1. The third-order valence-corrected chi connectivity index (χ3v) is 4.00. The number of hydrogen-bond acceptors (Lipinski definition) is 3. The van der Waals surface area contributed by atoms with Crippen LogP contribution in [0.2, 0.25) is 0 Å². The summed E-state index contributed by atoms with van der Waals surface area (Å²) < 4.78 is 5.90. The highest BCUT2D eigenvalue weighted by Gasteiger charge is 2.38. The van der Waals surface area contributed by atoms with Gasteiger partial charge in [0.05, 0.1) is 11.7 Å². The van der Waals surface area contributed by atoms with Crippen molar-refractivity contribution in [1.29, 1.82) is 0 Å². The molecule has 3 heteroatoms. The van der Waals surface area contributed by atoms with Gasteiger partial charge >= 0.3 is 0 Å². The summed E-state index contributed by atoms with van der Waals surface area (Å²) in [4.78, 5) is 0. The van der Waals surface area contributed by atoms with Crippen LogP contribution >= 0.6 is 0 Å². The van der Waals surface area contributed by atoms with Crippen molar-refractivity contribution >= 4 is 0 Å². The third-order valence-electron chi connectivity index (χ3n) is 4.00. The molecule has 2 N–H and O–H groups in total. The van der Waals surface area contributed by atoms with Crippen LogP contribution in [0.5, 0.6) is 0 Å². The summed E-state index contributed by atoms with van der Waals surface area (Å²) in [6, 6.07) is 0. The Morgan fingerprint density at radius 2 is 2.06 bits per heavy atom. The molecule has 3 nitrogen and oxygen atoms in total.